The molecule has 5 nitrogen and oxygen atoms in total. The summed E-state index contributed by atoms with van der Waals surface area (Å²) in [5.41, 5.74) is 7.25. The van der Waals surface area contributed by atoms with Crippen molar-refractivity contribution in [3.63, 3.8) is 0 Å². The van der Waals surface area contributed by atoms with E-state index in [0.29, 0.717) is 18.0 Å². The third-order valence-electron chi connectivity index (χ3n) is 6.07. The van der Waals surface area contributed by atoms with Crippen LogP contribution in [0.25, 0.3) is 0 Å². The van der Waals surface area contributed by atoms with E-state index in [9.17, 15) is 15.0 Å². The first kappa shape index (κ1) is 25.2. The molecule has 1 aromatic heterocycles. The van der Waals surface area contributed by atoms with E-state index in [-0.39, 0.29) is 37.2 Å². The summed E-state index contributed by atoms with van der Waals surface area (Å²) in [4.78, 5) is 16.3. The molecule has 2 aliphatic rings. The van der Waals surface area contributed by atoms with Crippen molar-refractivity contribution >= 4 is 30.8 Å². The summed E-state index contributed by atoms with van der Waals surface area (Å²) >= 11 is 0. The quantitative estimate of drug-likeness (QED) is 0.553. The fourth-order valence-corrected chi connectivity index (χ4v) is 4.25. The van der Waals surface area contributed by atoms with Crippen molar-refractivity contribution in [3.05, 3.63) is 29.1 Å². The van der Waals surface area contributed by atoms with Gasteiger partial charge in [-0.05, 0) is 60.6 Å². The molecule has 0 amide bonds. The highest BCUT2D eigenvalue weighted by atomic mass is 35.5. The molecular weight excluding hydrogens is 399 g/mol. The number of hydrogen-bond donors (Lipinski definition) is 3. The Morgan fingerprint density at radius 3 is 2.46 bits per heavy atom. The molecule has 7 heteroatoms. The first-order valence-electron chi connectivity index (χ1n) is 9.96. The van der Waals surface area contributed by atoms with E-state index in [1.165, 1.54) is 31.2 Å². The third kappa shape index (κ3) is 5.82. The summed E-state index contributed by atoms with van der Waals surface area (Å²) in [5.74, 6) is 0.517. The molecule has 1 fully saturated rings. The van der Waals surface area contributed by atoms with Gasteiger partial charge in [0.2, 0.25) is 0 Å². The minimum absolute atomic E-state index is 0. The molecule has 2 aliphatic carbocycles. The van der Waals surface area contributed by atoms with Crippen molar-refractivity contribution in [3.8, 4) is 0 Å². The summed E-state index contributed by atoms with van der Waals surface area (Å²) < 4.78 is 0. The maximum Gasteiger partial charge on any atom is 0.337 e. The zero-order valence-electron chi connectivity index (χ0n) is 16.8. The van der Waals surface area contributed by atoms with Gasteiger partial charge in [0, 0.05) is 24.4 Å². The Bertz CT molecular complexity index is 667. The number of carboxylic acids is 1. The van der Waals surface area contributed by atoms with Crippen LogP contribution in [-0.2, 0) is 24.1 Å². The van der Waals surface area contributed by atoms with E-state index in [2.05, 4.69) is 4.98 Å². The lowest BCUT2D eigenvalue weighted by molar-refractivity contribution is -0.161. The van der Waals surface area contributed by atoms with Crippen LogP contribution in [0, 0.1) is 17.8 Å². The zero-order chi connectivity index (χ0) is 18.9. The molecule has 3 rings (SSSR count). The molecule has 0 saturated heterocycles. The number of nitrogens with zero attached hydrogens (tertiary/aromatic N) is 1. The van der Waals surface area contributed by atoms with Crippen LogP contribution < -0.4 is 5.73 Å². The fraction of sp³-hybridized carbons (Fsp3) is 0.714. The second-order valence-electron chi connectivity index (χ2n) is 8.83. The smallest absolute Gasteiger partial charge is 0.337 e. The van der Waals surface area contributed by atoms with Gasteiger partial charge >= 0.3 is 5.97 Å². The summed E-state index contributed by atoms with van der Waals surface area (Å²) in [5, 5.41) is 20.5. The monoisotopic (exact) mass is 432 g/mol. The molecular formula is C21H34Cl2N2O3. The van der Waals surface area contributed by atoms with Gasteiger partial charge in [-0.2, -0.15) is 0 Å². The van der Waals surface area contributed by atoms with Crippen molar-refractivity contribution in [1.82, 2.24) is 4.98 Å². The summed E-state index contributed by atoms with van der Waals surface area (Å²) in [6.07, 6.45) is 9.47. The lowest BCUT2D eigenvalue weighted by Gasteiger charge is -2.31. The van der Waals surface area contributed by atoms with E-state index in [1.807, 2.05) is 19.9 Å². The molecule has 1 saturated carbocycles. The van der Waals surface area contributed by atoms with Gasteiger partial charge in [0.1, 0.15) is 0 Å². The van der Waals surface area contributed by atoms with Gasteiger partial charge in [0.15, 0.2) is 5.60 Å². The van der Waals surface area contributed by atoms with Crippen LogP contribution in [0.4, 0.5) is 0 Å². The van der Waals surface area contributed by atoms with Gasteiger partial charge in [-0.3, -0.25) is 4.98 Å². The van der Waals surface area contributed by atoms with Gasteiger partial charge in [-0.1, -0.05) is 33.1 Å². The van der Waals surface area contributed by atoms with Crippen molar-refractivity contribution in [1.29, 1.82) is 0 Å². The molecule has 1 aromatic rings. The first-order valence-corrected chi connectivity index (χ1v) is 9.96. The highest BCUT2D eigenvalue weighted by molar-refractivity contribution is 5.85. The number of hydrogen-bond acceptors (Lipinski definition) is 4. The van der Waals surface area contributed by atoms with Gasteiger partial charge < -0.3 is 15.9 Å². The van der Waals surface area contributed by atoms with Crippen molar-refractivity contribution in [2.45, 2.75) is 76.9 Å². The average molecular weight is 433 g/mol. The number of pyridine rings is 1. The number of carboxylic acid groups (broad SMARTS) is 1. The Morgan fingerprint density at radius 2 is 1.89 bits per heavy atom. The predicted octanol–water partition coefficient (Wildman–Crippen LogP) is 3.56. The van der Waals surface area contributed by atoms with Crippen LogP contribution in [-0.4, -0.2) is 32.8 Å². The van der Waals surface area contributed by atoms with Gasteiger partial charge in [0.25, 0.3) is 0 Å². The topological polar surface area (TPSA) is 96.4 Å². The highest BCUT2D eigenvalue weighted by Crippen LogP contribution is 2.38. The maximum atomic E-state index is 11.8. The largest absolute Gasteiger partial charge is 0.479 e. The summed E-state index contributed by atoms with van der Waals surface area (Å²) in [7, 11) is 0. The number of rotatable bonds is 9. The van der Waals surface area contributed by atoms with Crippen LogP contribution in [0.3, 0.4) is 0 Å². The van der Waals surface area contributed by atoms with Gasteiger partial charge in [-0.25, -0.2) is 4.79 Å². The minimum Gasteiger partial charge on any atom is -0.479 e. The minimum atomic E-state index is -1.97. The summed E-state index contributed by atoms with van der Waals surface area (Å²) in [6, 6.07) is 1.23. The molecule has 0 radical (unpaired) electrons. The number of carbonyl (C=O) groups is 1. The van der Waals surface area contributed by atoms with E-state index in [4.69, 9.17) is 5.73 Å². The average Bonchev–Trinajstić information content (AvgIpc) is 3.30. The fourth-order valence-electron chi connectivity index (χ4n) is 4.25. The third-order valence-corrected chi connectivity index (χ3v) is 6.07. The Morgan fingerprint density at radius 1 is 1.25 bits per heavy atom. The van der Waals surface area contributed by atoms with Crippen molar-refractivity contribution < 1.29 is 15.0 Å². The Labute approximate surface area is 180 Å². The van der Waals surface area contributed by atoms with Crippen LogP contribution >= 0.6 is 24.8 Å². The molecule has 0 spiro atoms. The van der Waals surface area contributed by atoms with Crippen LogP contribution in [0.1, 0.15) is 62.8 Å². The molecule has 4 N–H and O–H groups in total. The summed E-state index contributed by atoms with van der Waals surface area (Å²) in [6.45, 7) is 3.95. The normalized spacial score (nSPS) is 21.2. The molecule has 0 unspecified atom stereocenters. The van der Waals surface area contributed by atoms with E-state index >= 15 is 0 Å². The number of halogens is 2. The molecule has 0 aromatic carbocycles. The first-order chi connectivity index (χ1) is 12.3. The Hall–Kier alpha value is -0.880. The second kappa shape index (κ2) is 10.2. The maximum absolute atomic E-state index is 11.8. The van der Waals surface area contributed by atoms with Crippen LogP contribution in [0.15, 0.2) is 12.3 Å². The standard InChI is InChI=1S/C21H32N2O3.2ClH/c1-13(2)9-19(22)21(26,20(24)25)12-18-17-11-15(6-5-14-3-4-14)10-16(17)7-8-23-18;;/h7-8,13-15,19,26H,3-6,9-12,22H2,1-2H3,(H,24,25);2*1H/t15-,19-,21+;;/m0../s1. The van der Waals surface area contributed by atoms with E-state index in [0.717, 1.165) is 24.3 Å². The Kier molecular flexibility index (Phi) is 9.20. The molecule has 1 heterocycles. The number of aliphatic carboxylic acids is 1. The number of aliphatic hydroxyl groups is 1. The molecule has 28 heavy (non-hydrogen) atoms. The number of fused-ring (bicyclic) bond motifs is 1. The molecule has 0 bridgehead atoms. The van der Waals surface area contributed by atoms with Crippen LogP contribution in [0.5, 0.6) is 0 Å². The molecule has 0 aliphatic heterocycles. The van der Waals surface area contributed by atoms with Gasteiger partial charge in [0.05, 0.1) is 0 Å². The SMILES string of the molecule is CC(C)C[C@H](N)[C@](O)(Cc1nccc2c1C[C@@H](CCC1CC1)C2)C(=O)O.Cl.Cl. The molecule has 3 atom stereocenters. The van der Waals surface area contributed by atoms with Crippen molar-refractivity contribution in [2.75, 3.05) is 0 Å². The highest BCUT2D eigenvalue weighted by Gasteiger charge is 2.44. The van der Waals surface area contributed by atoms with Crippen LogP contribution in [0.2, 0.25) is 0 Å². The number of nitrogens with two attached hydrogens (primary N) is 1. The van der Waals surface area contributed by atoms with E-state index < -0.39 is 17.6 Å². The Balaban J connectivity index is 0.00000196. The zero-order valence-corrected chi connectivity index (χ0v) is 18.4. The van der Waals surface area contributed by atoms with E-state index in [1.54, 1.807) is 6.20 Å². The van der Waals surface area contributed by atoms with Gasteiger partial charge in [-0.15, -0.1) is 24.8 Å². The predicted molar refractivity (Wildman–Crippen MR) is 115 cm³/mol. The lowest BCUT2D eigenvalue weighted by atomic mass is 9.83. The second-order valence-corrected chi connectivity index (χ2v) is 8.83. The lowest BCUT2D eigenvalue weighted by Crippen LogP contribution is -2.56. The number of aromatic nitrogens is 1. The van der Waals surface area contributed by atoms with Crippen molar-refractivity contribution in [2.24, 2.45) is 23.5 Å². The molecule has 160 valence electrons.